The Kier molecular flexibility index (Phi) is 5.28. The van der Waals surface area contributed by atoms with Crippen LogP contribution >= 0.6 is 11.8 Å². The first-order chi connectivity index (χ1) is 10.6. The second-order valence-electron chi connectivity index (χ2n) is 5.18. The lowest BCUT2D eigenvalue weighted by Crippen LogP contribution is -2.38. The lowest BCUT2D eigenvalue weighted by atomic mass is 10.2. The predicted octanol–water partition coefficient (Wildman–Crippen LogP) is 1.99. The van der Waals surface area contributed by atoms with Gasteiger partial charge in [0.05, 0.1) is 0 Å². The average molecular weight is 322 g/mol. The van der Waals surface area contributed by atoms with Crippen LogP contribution in [0.1, 0.15) is 26.2 Å². The second kappa shape index (κ2) is 7.00. The van der Waals surface area contributed by atoms with Crippen LogP contribution in [0.15, 0.2) is 27.4 Å². The fourth-order valence-corrected chi connectivity index (χ4v) is 3.08. The molecule has 0 aliphatic heterocycles. The summed E-state index contributed by atoms with van der Waals surface area (Å²) in [6.07, 6.45) is 6.65. The molecule has 0 fully saturated rings. The van der Waals surface area contributed by atoms with Crippen LogP contribution in [0, 0.1) is 0 Å². The predicted molar refractivity (Wildman–Crippen MR) is 90.7 cm³/mol. The maximum atomic E-state index is 12.5. The Morgan fingerprint density at radius 3 is 2.59 bits per heavy atom. The van der Waals surface area contributed by atoms with Crippen molar-refractivity contribution in [2.24, 2.45) is 7.05 Å². The van der Waals surface area contributed by atoms with Crippen LogP contribution in [-0.4, -0.2) is 24.9 Å². The lowest BCUT2D eigenvalue weighted by molar-refractivity contribution is 0.566. The van der Waals surface area contributed by atoms with Gasteiger partial charge in [-0.25, -0.2) is 9.78 Å². The molecule has 0 unspecified atom stereocenters. The summed E-state index contributed by atoms with van der Waals surface area (Å²) in [4.78, 5) is 29.4. The fourth-order valence-electron chi connectivity index (χ4n) is 2.51. The first kappa shape index (κ1) is 16.6. The second-order valence-corrected chi connectivity index (χ2v) is 5.95. The molecule has 2 heterocycles. The zero-order chi connectivity index (χ0) is 16.3. The smallest absolute Gasteiger partial charge is 0.309 e. The van der Waals surface area contributed by atoms with E-state index in [4.69, 9.17) is 0 Å². The molecule has 0 radical (unpaired) electrons. The van der Waals surface area contributed by atoms with Gasteiger partial charge in [0.1, 0.15) is 0 Å². The first-order valence-electron chi connectivity index (χ1n) is 7.41. The van der Waals surface area contributed by atoms with Gasteiger partial charge in [0.15, 0.2) is 16.3 Å². The first-order valence-corrected chi connectivity index (χ1v) is 8.64. The van der Waals surface area contributed by atoms with Crippen molar-refractivity contribution in [2.75, 3.05) is 6.26 Å². The Labute approximate surface area is 133 Å². The standard InChI is InChI=1S/C15H22N4O2S/c1-5-7-8-10-19-12-11(13(20)17(3)15(19)21)18(9-6-2)14(16-12)22-4/h6H,2,5,7-10H2,1,3-4H3. The molecule has 120 valence electrons. The van der Waals surface area contributed by atoms with Gasteiger partial charge in [-0.1, -0.05) is 37.6 Å². The molecular formula is C15H22N4O2S. The molecular weight excluding hydrogens is 300 g/mol. The van der Waals surface area contributed by atoms with E-state index in [0.717, 1.165) is 24.4 Å². The van der Waals surface area contributed by atoms with Gasteiger partial charge in [-0.3, -0.25) is 13.9 Å². The summed E-state index contributed by atoms with van der Waals surface area (Å²) < 4.78 is 4.61. The van der Waals surface area contributed by atoms with Crippen LogP contribution in [0.4, 0.5) is 0 Å². The van der Waals surface area contributed by atoms with Gasteiger partial charge in [0.25, 0.3) is 5.56 Å². The number of allylic oxidation sites excluding steroid dienone is 1. The van der Waals surface area contributed by atoms with Gasteiger partial charge in [0, 0.05) is 20.1 Å². The van der Waals surface area contributed by atoms with Crippen LogP contribution in [0.2, 0.25) is 0 Å². The maximum Gasteiger partial charge on any atom is 0.332 e. The molecule has 0 atom stereocenters. The summed E-state index contributed by atoms with van der Waals surface area (Å²) in [5, 5.41) is 0.724. The van der Waals surface area contributed by atoms with E-state index in [1.807, 2.05) is 10.8 Å². The molecule has 6 nitrogen and oxygen atoms in total. The Hall–Kier alpha value is -1.76. The number of aromatic nitrogens is 4. The molecule has 0 saturated carbocycles. The number of aryl methyl sites for hydroxylation is 1. The van der Waals surface area contributed by atoms with Crippen molar-refractivity contribution in [1.29, 1.82) is 0 Å². The highest BCUT2D eigenvalue weighted by Gasteiger charge is 2.19. The van der Waals surface area contributed by atoms with Crippen LogP contribution in [0.3, 0.4) is 0 Å². The summed E-state index contributed by atoms with van der Waals surface area (Å²) in [5.74, 6) is 0. The minimum absolute atomic E-state index is 0.301. The molecule has 0 aliphatic carbocycles. The lowest BCUT2D eigenvalue weighted by Gasteiger charge is -2.09. The quantitative estimate of drug-likeness (QED) is 0.444. The number of rotatable bonds is 7. The SMILES string of the molecule is C=CCn1c(SC)nc2c1c(=O)n(C)c(=O)n2CCCCC. The van der Waals surface area contributed by atoms with E-state index >= 15 is 0 Å². The number of fused-ring (bicyclic) bond motifs is 1. The molecule has 2 aromatic rings. The molecule has 0 saturated heterocycles. The summed E-state index contributed by atoms with van der Waals surface area (Å²) >= 11 is 1.46. The molecule has 2 rings (SSSR count). The monoisotopic (exact) mass is 322 g/mol. The molecule has 0 spiro atoms. The van der Waals surface area contributed by atoms with Gasteiger partial charge in [-0.2, -0.15) is 0 Å². The zero-order valence-corrected chi connectivity index (χ0v) is 14.2. The molecule has 2 aromatic heterocycles. The molecule has 0 aliphatic rings. The Morgan fingerprint density at radius 2 is 2.00 bits per heavy atom. The van der Waals surface area contributed by atoms with E-state index in [1.54, 1.807) is 10.6 Å². The van der Waals surface area contributed by atoms with Crippen LogP contribution in [-0.2, 0) is 20.1 Å². The largest absolute Gasteiger partial charge is 0.332 e. The Bertz CT molecular complexity index is 800. The molecule has 0 aromatic carbocycles. The summed E-state index contributed by atoms with van der Waals surface area (Å²) in [7, 11) is 1.52. The van der Waals surface area contributed by atoms with E-state index in [9.17, 15) is 9.59 Å². The van der Waals surface area contributed by atoms with Crippen molar-refractivity contribution in [3.8, 4) is 0 Å². The maximum absolute atomic E-state index is 12.5. The van der Waals surface area contributed by atoms with Crippen molar-refractivity contribution in [1.82, 2.24) is 18.7 Å². The van der Waals surface area contributed by atoms with Crippen molar-refractivity contribution in [3.05, 3.63) is 33.5 Å². The van der Waals surface area contributed by atoms with Crippen LogP contribution in [0.25, 0.3) is 11.2 Å². The summed E-state index contributed by atoms with van der Waals surface area (Å²) in [6, 6.07) is 0. The van der Waals surface area contributed by atoms with E-state index < -0.39 is 0 Å². The third kappa shape index (κ3) is 2.77. The molecule has 7 heteroatoms. The fraction of sp³-hybridized carbons (Fsp3) is 0.533. The minimum Gasteiger partial charge on any atom is -0.309 e. The minimum atomic E-state index is -0.304. The third-order valence-corrected chi connectivity index (χ3v) is 4.35. The van der Waals surface area contributed by atoms with Crippen LogP contribution < -0.4 is 11.2 Å². The summed E-state index contributed by atoms with van der Waals surface area (Å²) in [6.45, 7) is 6.92. The Morgan fingerprint density at radius 1 is 1.27 bits per heavy atom. The molecule has 0 amide bonds. The number of hydrogen-bond donors (Lipinski definition) is 0. The number of hydrogen-bond acceptors (Lipinski definition) is 4. The van der Waals surface area contributed by atoms with Gasteiger partial charge in [-0.15, -0.1) is 6.58 Å². The number of nitrogens with zero attached hydrogens (tertiary/aromatic N) is 4. The zero-order valence-electron chi connectivity index (χ0n) is 13.3. The van der Waals surface area contributed by atoms with E-state index in [-0.39, 0.29) is 11.2 Å². The van der Waals surface area contributed by atoms with E-state index in [2.05, 4.69) is 18.5 Å². The highest BCUT2D eigenvalue weighted by molar-refractivity contribution is 7.98. The van der Waals surface area contributed by atoms with E-state index in [1.165, 1.54) is 23.4 Å². The highest BCUT2D eigenvalue weighted by atomic mass is 32.2. The van der Waals surface area contributed by atoms with Gasteiger partial charge < -0.3 is 4.57 Å². The molecule has 0 bridgehead atoms. The normalized spacial score (nSPS) is 11.2. The molecule has 22 heavy (non-hydrogen) atoms. The number of thioether (sulfide) groups is 1. The van der Waals surface area contributed by atoms with Crippen molar-refractivity contribution < 1.29 is 0 Å². The topological polar surface area (TPSA) is 61.8 Å². The number of unbranched alkanes of at least 4 members (excludes halogenated alkanes) is 2. The third-order valence-electron chi connectivity index (χ3n) is 3.67. The Balaban J connectivity index is 2.76. The van der Waals surface area contributed by atoms with Gasteiger partial charge in [0.2, 0.25) is 0 Å². The van der Waals surface area contributed by atoms with Gasteiger partial charge >= 0.3 is 5.69 Å². The van der Waals surface area contributed by atoms with Crippen molar-refractivity contribution in [2.45, 2.75) is 44.4 Å². The van der Waals surface area contributed by atoms with Crippen molar-refractivity contribution >= 4 is 22.9 Å². The highest BCUT2D eigenvalue weighted by Crippen LogP contribution is 2.19. The average Bonchev–Trinajstić information content (AvgIpc) is 2.87. The molecule has 0 N–H and O–H groups in total. The van der Waals surface area contributed by atoms with Gasteiger partial charge in [-0.05, 0) is 12.7 Å². The van der Waals surface area contributed by atoms with Crippen LogP contribution in [0.5, 0.6) is 0 Å². The van der Waals surface area contributed by atoms with Crippen molar-refractivity contribution in [3.63, 3.8) is 0 Å². The number of imidazole rings is 1. The summed E-state index contributed by atoms with van der Waals surface area (Å²) in [5.41, 5.74) is 0.351. The van der Waals surface area contributed by atoms with E-state index in [0.29, 0.717) is 24.3 Å².